The second kappa shape index (κ2) is 5.66. The first-order valence-corrected chi connectivity index (χ1v) is 6.14. The average molecular weight is 302 g/mol. The number of halogens is 4. The van der Waals surface area contributed by atoms with E-state index in [4.69, 9.17) is 11.6 Å². The van der Waals surface area contributed by atoms with Gasteiger partial charge in [0.05, 0.1) is 5.56 Å². The van der Waals surface area contributed by atoms with E-state index in [1.165, 1.54) is 18.3 Å². The highest BCUT2D eigenvalue weighted by molar-refractivity contribution is 6.28. The van der Waals surface area contributed by atoms with Gasteiger partial charge in [-0.2, -0.15) is 13.2 Å². The molecule has 0 bridgehead atoms. The molecule has 0 aliphatic heterocycles. The minimum absolute atomic E-state index is 0.00383. The van der Waals surface area contributed by atoms with E-state index in [9.17, 15) is 13.2 Å². The lowest BCUT2D eigenvalue weighted by molar-refractivity contribution is -0.138. The molecule has 1 aromatic carbocycles. The van der Waals surface area contributed by atoms with E-state index in [2.05, 4.69) is 15.3 Å². The van der Waals surface area contributed by atoms with E-state index >= 15 is 0 Å². The predicted molar refractivity (Wildman–Crippen MR) is 70.5 cm³/mol. The molecule has 1 heterocycles. The molecule has 0 fully saturated rings. The fraction of sp³-hybridized carbons (Fsp3) is 0.231. The summed E-state index contributed by atoms with van der Waals surface area (Å²) in [6.07, 6.45) is -2.87. The summed E-state index contributed by atoms with van der Waals surface area (Å²) in [5, 5.41) is 2.89. The molecule has 0 amide bonds. The Morgan fingerprint density at radius 3 is 2.65 bits per heavy atom. The molecule has 0 aliphatic carbocycles. The van der Waals surface area contributed by atoms with Crippen LogP contribution in [0.25, 0.3) is 0 Å². The van der Waals surface area contributed by atoms with Gasteiger partial charge in [0.15, 0.2) is 0 Å². The largest absolute Gasteiger partial charge is 0.416 e. The molecule has 0 saturated heterocycles. The molecule has 0 unspecified atom stereocenters. The molecule has 0 radical (unpaired) electrons. The van der Waals surface area contributed by atoms with Gasteiger partial charge in [-0.25, -0.2) is 9.97 Å². The van der Waals surface area contributed by atoms with Crippen LogP contribution in [0, 0.1) is 6.92 Å². The quantitative estimate of drug-likeness (QED) is 0.868. The van der Waals surface area contributed by atoms with Gasteiger partial charge in [0, 0.05) is 18.3 Å². The number of rotatable bonds is 3. The highest BCUT2D eigenvalue weighted by Crippen LogP contribution is 2.32. The van der Waals surface area contributed by atoms with E-state index < -0.39 is 11.7 Å². The predicted octanol–water partition coefficient (Wildman–Crippen LogP) is 4.07. The Hall–Kier alpha value is -1.82. The van der Waals surface area contributed by atoms with Gasteiger partial charge in [0.2, 0.25) is 5.28 Å². The Morgan fingerprint density at radius 2 is 1.95 bits per heavy atom. The normalized spacial score (nSPS) is 11.4. The zero-order valence-corrected chi connectivity index (χ0v) is 11.3. The van der Waals surface area contributed by atoms with E-state index in [-0.39, 0.29) is 17.4 Å². The first-order chi connectivity index (χ1) is 9.38. The second-order valence-electron chi connectivity index (χ2n) is 4.18. The standard InChI is InChI=1S/C13H11ClF3N3/c1-8-6-19-12(14)20-11(8)18-7-9-4-2-3-5-10(9)13(15,16)17/h2-6H,7H2,1H3,(H,18,19,20). The number of hydrogen-bond donors (Lipinski definition) is 1. The molecule has 1 N–H and O–H groups in total. The van der Waals surface area contributed by atoms with Crippen LogP contribution in [0.2, 0.25) is 5.28 Å². The van der Waals surface area contributed by atoms with Gasteiger partial charge in [0.25, 0.3) is 0 Å². The van der Waals surface area contributed by atoms with Crippen LogP contribution in [0.3, 0.4) is 0 Å². The maximum atomic E-state index is 12.8. The Morgan fingerprint density at radius 1 is 1.25 bits per heavy atom. The number of nitrogens with one attached hydrogen (secondary N) is 1. The Balaban J connectivity index is 2.21. The Labute approximate surface area is 118 Å². The lowest BCUT2D eigenvalue weighted by Crippen LogP contribution is -2.12. The molecule has 2 aromatic rings. The minimum atomic E-state index is -4.38. The van der Waals surface area contributed by atoms with Gasteiger partial charge in [0.1, 0.15) is 5.82 Å². The maximum absolute atomic E-state index is 12.8. The van der Waals surface area contributed by atoms with E-state index in [0.29, 0.717) is 11.4 Å². The molecule has 0 atom stereocenters. The summed E-state index contributed by atoms with van der Waals surface area (Å²) in [7, 11) is 0. The molecular weight excluding hydrogens is 291 g/mol. The van der Waals surface area contributed by atoms with Crippen LogP contribution in [0.1, 0.15) is 16.7 Å². The summed E-state index contributed by atoms with van der Waals surface area (Å²) >= 11 is 5.66. The van der Waals surface area contributed by atoms with Crippen LogP contribution in [-0.2, 0) is 12.7 Å². The van der Waals surface area contributed by atoms with Crippen molar-refractivity contribution in [1.82, 2.24) is 9.97 Å². The summed E-state index contributed by atoms with van der Waals surface area (Å²) in [6, 6.07) is 5.40. The number of benzene rings is 1. The van der Waals surface area contributed by atoms with E-state index in [0.717, 1.165) is 6.07 Å². The third-order valence-electron chi connectivity index (χ3n) is 2.71. The second-order valence-corrected chi connectivity index (χ2v) is 4.52. The van der Waals surface area contributed by atoms with Crippen molar-refractivity contribution < 1.29 is 13.2 Å². The fourth-order valence-corrected chi connectivity index (χ4v) is 1.86. The number of nitrogens with zero attached hydrogens (tertiary/aromatic N) is 2. The van der Waals surface area contributed by atoms with E-state index in [1.807, 2.05) is 0 Å². The molecule has 2 rings (SSSR count). The highest BCUT2D eigenvalue weighted by Gasteiger charge is 2.32. The SMILES string of the molecule is Cc1cnc(Cl)nc1NCc1ccccc1C(F)(F)F. The van der Waals surface area contributed by atoms with Crippen molar-refractivity contribution in [2.24, 2.45) is 0 Å². The number of anilines is 1. The number of alkyl halides is 3. The molecule has 0 aliphatic rings. The van der Waals surface area contributed by atoms with Gasteiger partial charge in [-0.05, 0) is 30.2 Å². The molecule has 20 heavy (non-hydrogen) atoms. The zero-order chi connectivity index (χ0) is 14.8. The molecule has 0 saturated carbocycles. The van der Waals surface area contributed by atoms with Crippen LogP contribution in [0.5, 0.6) is 0 Å². The number of aryl methyl sites for hydroxylation is 1. The van der Waals surface area contributed by atoms with Gasteiger partial charge < -0.3 is 5.32 Å². The van der Waals surface area contributed by atoms with Gasteiger partial charge in [-0.3, -0.25) is 0 Å². The van der Waals surface area contributed by atoms with Gasteiger partial charge >= 0.3 is 6.18 Å². The highest BCUT2D eigenvalue weighted by atomic mass is 35.5. The summed E-state index contributed by atoms with van der Waals surface area (Å²) in [4.78, 5) is 7.73. The third-order valence-corrected chi connectivity index (χ3v) is 2.89. The van der Waals surface area contributed by atoms with Crippen molar-refractivity contribution in [3.63, 3.8) is 0 Å². The Kier molecular flexibility index (Phi) is 4.13. The smallest absolute Gasteiger partial charge is 0.366 e. The van der Waals surface area contributed by atoms with Crippen molar-refractivity contribution in [2.75, 3.05) is 5.32 Å². The van der Waals surface area contributed by atoms with E-state index in [1.54, 1.807) is 13.0 Å². The summed E-state index contributed by atoms with van der Waals surface area (Å²) in [5.41, 5.74) is 0.193. The zero-order valence-electron chi connectivity index (χ0n) is 10.5. The molecule has 0 spiro atoms. The topological polar surface area (TPSA) is 37.8 Å². The Bertz CT molecular complexity index is 614. The number of aromatic nitrogens is 2. The average Bonchev–Trinajstić information content (AvgIpc) is 2.39. The van der Waals surface area contributed by atoms with Crippen molar-refractivity contribution >= 4 is 17.4 Å². The number of hydrogen-bond acceptors (Lipinski definition) is 3. The first kappa shape index (κ1) is 14.6. The summed E-state index contributed by atoms with van der Waals surface area (Å²) in [5.74, 6) is 0.418. The molecule has 7 heteroatoms. The van der Waals surface area contributed by atoms with Crippen LogP contribution >= 0.6 is 11.6 Å². The van der Waals surface area contributed by atoms with Crippen molar-refractivity contribution in [2.45, 2.75) is 19.6 Å². The van der Waals surface area contributed by atoms with Gasteiger partial charge in [-0.15, -0.1) is 0 Å². The maximum Gasteiger partial charge on any atom is 0.416 e. The summed E-state index contributed by atoms with van der Waals surface area (Å²) in [6.45, 7) is 1.75. The molecule has 3 nitrogen and oxygen atoms in total. The van der Waals surface area contributed by atoms with Gasteiger partial charge in [-0.1, -0.05) is 18.2 Å². The van der Waals surface area contributed by atoms with Crippen molar-refractivity contribution in [1.29, 1.82) is 0 Å². The summed E-state index contributed by atoms with van der Waals surface area (Å²) < 4.78 is 38.5. The first-order valence-electron chi connectivity index (χ1n) is 5.76. The van der Waals surface area contributed by atoms with Crippen LogP contribution in [0.15, 0.2) is 30.5 Å². The molecule has 106 valence electrons. The lowest BCUT2D eigenvalue weighted by atomic mass is 10.1. The van der Waals surface area contributed by atoms with Crippen molar-refractivity contribution in [3.05, 3.63) is 52.4 Å². The van der Waals surface area contributed by atoms with Crippen molar-refractivity contribution in [3.8, 4) is 0 Å². The molecule has 1 aromatic heterocycles. The fourth-order valence-electron chi connectivity index (χ4n) is 1.73. The van der Waals surface area contributed by atoms with Crippen LogP contribution in [-0.4, -0.2) is 9.97 Å². The van der Waals surface area contributed by atoms with Crippen LogP contribution in [0.4, 0.5) is 19.0 Å². The minimum Gasteiger partial charge on any atom is -0.366 e. The molecular formula is C13H11ClF3N3. The lowest BCUT2D eigenvalue weighted by Gasteiger charge is -2.14. The third kappa shape index (κ3) is 3.39. The van der Waals surface area contributed by atoms with Crippen LogP contribution < -0.4 is 5.32 Å². The monoisotopic (exact) mass is 301 g/mol.